The predicted molar refractivity (Wildman–Crippen MR) is 111 cm³/mol. The number of rotatable bonds is 7. The number of primary amides is 1. The average Bonchev–Trinajstić information content (AvgIpc) is 2.61. The van der Waals surface area contributed by atoms with Crippen LogP contribution in [0.25, 0.3) is 11.1 Å². The zero-order valence-corrected chi connectivity index (χ0v) is 16.7. The summed E-state index contributed by atoms with van der Waals surface area (Å²) in [6.07, 6.45) is 1.75. The standard InChI is InChI=1S/C20H29N5O2/c1-6-25-8-7-14(11-17(25)26)15-12-16(24(5)10-9-23(3)4)18(20(22)27)13(2)19(15)21/h7-8,11-12H,6,9-10,21H2,1-5H3,(H2,22,27). The van der Waals surface area contributed by atoms with Crippen LogP contribution in [-0.2, 0) is 6.54 Å². The molecule has 0 aliphatic heterocycles. The molecule has 0 aliphatic rings. The number of pyridine rings is 1. The van der Waals surface area contributed by atoms with Crippen LogP contribution in [0.1, 0.15) is 22.8 Å². The number of nitrogens with two attached hydrogens (primary N) is 2. The van der Waals surface area contributed by atoms with E-state index in [-0.39, 0.29) is 5.56 Å². The molecule has 7 nitrogen and oxygen atoms in total. The van der Waals surface area contributed by atoms with E-state index in [0.29, 0.717) is 35.6 Å². The Balaban J connectivity index is 2.64. The van der Waals surface area contributed by atoms with Gasteiger partial charge in [-0.05, 0) is 51.2 Å². The maximum atomic E-state index is 12.2. The molecule has 0 unspecified atom stereocenters. The number of aromatic nitrogens is 1. The number of hydrogen-bond donors (Lipinski definition) is 2. The summed E-state index contributed by atoms with van der Waals surface area (Å²) in [5.41, 5.74) is 15.5. The van der Waals surface area contributed by atoms with Crippen LogP contribution in [0.4, 0.5) is 11.4 Å². The topological polar surface area (TPSA) is 97.6 Å². The third-order valence-corrected chi connectivity index (χ3v) is 4.79. The lowest BCUT2D eigenvalue weighted by molar-refractivity contribution is 0.1000. The van der Waals surface area contributed by atoms with E-state index in [0.717, 1.165) is 17.7 Å². The Kier molecular flexibility index (Phi) is 6.28. The van der Waals surface area contributed by atoms with Crippen molar-refractivity contribution in [3.63, 3.8) is 0 Å². The summed E-state index contributed by atoms with van der Waals surface area (Å²) < 4.78 is 1.62. The molecule has 0 bridgehead atoms. The highest BCUT2D eigenvalue weighted by molar-refractivity contribution is 6.04. The fourth-order valence-corrected chi connectivity index (χ4v) is 3.07. The molecule has 2 rings (SSSR count). The van der Waals surface area contributed by atoms with Crippen LogP contribution in [0.5, 0.6) is 0 Å². The Morgan fingerprint density at radius 1 is 1.19 bits per heavy atom. The smallest absolute Gasteiger partial charge is 0.251 e. The lowest BCUT2D eigenvalue weighted by Crippen LogP contribution is -2.30. The zero-order valence-electron chi connectivity index (χ0n) is 16.7. The fourth-order valence-electron chi connectivity index (χ4n) is 3.07. The van der Waals surface area contributed by atoms with Gasteiger partial charge >= 0.3 is 0 Å². The third-order valence-electron chi connectivity index (χ3n) is 4.79. The Labute approximate surface area is 160 Å². The minimum absolute atomic E-state index is 0.0893. The summed E-state index contributed by atoms with van der Waals surface area (Å²) in [6.45, 7) is 5.84. The largest absolute Gasteiger partial charge is 0.398 e. The molecule has 146 valence electrons. The molecule has 0 atom stereocenters. The monoisotopic (exact) mass is 371 g/mol. The van der Waals surface area contributed by atoms with E-state index in [1.54, 1.807) is 23.8 Å². The first-order valence-electron chi connectivity index (χ1n) is 8.97. The van der Waals surface area contributed by atoms with Crippen LogP contribution < -0.4 is 21.9 Å². The van der Waals surface area contributed by atoms with E-state index in [1.165, 1.54) is 0 Å². The molecule has 0 radical (unpaired) electrons. The Bertz CT molecular complexity index is 902. The molecule has 2 aromatic rings. The molecule has 27 heavy (non-hydrogen) atoms. The molecule has 1 aromatic carbocycles. The Morgan fingerprint density at radius 3 is 2.37 bits per heavy atom. The van der Waals surface area contributed by atoms with E-state index < -0.39 is 5.91 Å². The van der Waals surface area contributed by atoms with Crippen molar-refractivity contribution in [2.75, 3.05) is 44.9 Å². The highest BCUT2D eigenvalue weighted by atomic mass is 16.1. The van der Waals surface area contributed by atoms with E-state index in [9.17, 15) is 9.59 Å². The molecule has 0 saturated heterocycles. The molecule has 1 aromatic heterocycles. The van der Waals surface area contributed by atoms with Crippen molar-refractivity contribution < 1.29 is 4.79 Å². The van der Waals surface area contributed by atoms with E-state index >= 15 is 0 Å². The van der Waals surface area contributed by atoms with Gasteiger partial charge in [0.05, 0.1) is 11.3 Å². The lowest BCUT2D eigenvalue weighted by atomic mass is 9.95. The SMILES string of the molecule is CCn1ccc(-c2cc(N(C)CCN(C)C)c(C(N)=O)c(C)c2N)cc1=O. The van der Waals surface area contributed by atoms with Crippen molar-refractivity contribution in [2.45, 2.75) is 20.4 Å². The van der Waals surface area contributed by atoms with Gasteiger partial charge in [-0.1, -0.05) is 0 Å². The molecule has 0 fully saturated rings. The maximum Gasteiger partial charge on any atom is 0.251 e. The maximum absolute atomic E-state index is 12.2. The number of nitrogens with zero attached hydrogens (tertiary/aromatic N) is 3. The van der Waals surface area contributed by atoms with Gasteiger partial charge in [0, 0.05) is 50.2 Å². The van der Waals surface area contributed by atoms with Gasteiger partial charge in [0.15, 0.2) is 0 Å². The number of amides is 1. The molecule has 0 spiro atoms. The van der Waals surface area contributed by atoms with Gasteiger partial charge < -0.3 is 25.8 Å². The Morgan fingerprint density at radius 2 is 1.85 bits per heavy atom. The summed E-state index contributed by atoms with van der Waals surface area (Å²) in [5.74, 6) is -0.515. The van der Waals surface area contributed by atoms with Gasteiger partial charge in [0.1, 0.15) is 0 Å². The summed E-state index contributed by atoms with van der Waals surface area (Å²) >= 11 is 0. The number of anilines is 2. The molecular weight excluding hydrogens is 342 g/mol. The second-order valence-corrected chi connectivity index (χ2v) is 6.99. The van der Waals surface area contributed by atoms with E-state index in [1.807, 2.05) is 45.1 Å². The number of carbonyl (C=O) groups excluding carboxylic acids is 1. The number of hydrogen-bond acceptors (Lipinski definition) is 5. The van der Waals surface area contributed by atoms with Crippen LogP contribution in [0.3, 0.4) is 0 Å². The van der Waals surface area contributed by atoms with E-state index in [2.05, 4.69) is 4.90 Å². The summed E-state index contributed by atoms with van der Waals surface area (Å²) in [4.78, 5) is 28.4. The van der Waals surface area contributed by atoms with Gasteiger partial charge in [-0.15, -0.1) is 0 Å². The van der Waals surface area contributed by atoms with Crippen molar-refractivity contribution in [3.8, 4) is 11.1 Å². The summed E-state index contributed by atoms with van der Waals surface area (Å²) in [6, 6.07) is 5.29. The fraction of sp³-hybridized carbons (Fsp3) is 0.400. The lowest BCUT2D eigenvalue weighted by Gasteiger charge is -2.26. The van der Waals surface area contributed by atoms with Crippen molar-refractivity contribution in [3.05, 3.63) is 45.9 Å². The first-order valence-corrected chi connectivity index (χ1v) is 8.97. The molecule has 4 N–H and O–H groups in total. The summed E-state index contributed by atoms with van der Waals surface area (Å²) in [5, 5.41) is 0. The minimum Gasteiger partial charge on any atom is -0.398 e. The molecule has 1 amide bonds. The molecular formula is C20H29N5O2. The van der Waals surface area contributed by atoms with Crippen LogP contribution in [0.2, 0.25) is 0 Å². The van der Waals surface area contributed by atoms with Crippen LogP contribution in [0.15, 0.2) is 29.2 Å². The second kappa shape index (κ2) is 8.26. The third kappa shape index (κ3) is 4.31. The number of carbonyl (C=O) groups is 1. The van der Waals surface area contributed by atoms with Gasteiger partial charge in [-0.2, -0.15) is 0 Å². The minimum atomic E-state index is -0.515. The number of likely N-dealkylation sites (N-methyl/N-ethyl adjacent to an activating group) is 2. The summed E-state index contributed by atoms with van der Waals surface area (Å²) in [7, 11) is 5.90. The quantitative estimate of drug-likeness (QED) is 0.719. The van der Waals surface area contributed by atoms with Crippen molar-refractivity contribution in [2.24, 2.45) is 5.73 Å². The van der Waals surface area contributed by atoms with Crippen molar-refractivity contribution >= 4 is 17.3 Å². The first kappa shape index (κ1) is 20.5. The molecule has 0 aliphatic carbocycles. The van der Waals surface area contributed by atoms with E-state index in [4.69, 9.17) is 11.5 Å². The molecule has 0 saturated carbocycles. The average molecular weight is 371 g/mol. The number of nitrogen functional groups attached to an aromatic ring is 1. The predicted octanol–water partition coefficient (Wildman–Crippen LogP) is 1.52. The number of benzene rings is 1. The highest BCUT2D eigenvalue weighted by Crippen LogP contribution is 2.36. The second-order valence-electron chi connectivity index (χ2n) is 6.99. The normalized spacial score (nSPS) is 11.0. The van der Waals surface area contributed by atoms with Crippen molar-refractivity contribution in [1.82, 2.24) is 9.47 Å². The van der Waals surface area contributed by atoms with Gasteiger partial charge in [0.2, 0.25) is 0 Å². The van der Waals surface area contributed by atoms with Crippen molar-refractivity contribution in [1.29, 1.82) is 0 Å². The molecule has 7 heteroatoms. The Hall–Kier alpha value is -2.80. The van der Waals surface area contributed by atoms with Gasteiger partial charge in [0.25, 0.3) is 11.5 Å². The van der Waals surface area contributed by atoms with Gasteiger partial charge in [-0.3, -0.25) is 9.59 Å². The van der Waals surface area contributed by atoms with Gasteiger partial charge in [-0.25, -0.2) is 0 Å². The molecule has 1 heterocycles. The first-order chi connectivity index (χ1) is 12.7. The van der Waals surface area contributed by atoms with Crippen LogP contribution in [0, 0.1) is 6.92 Å². The highest BCUT2D eigenvalue weighted by Gasteiger charge is 2.21. The van der Waals surface area contributed by atoms with Crippen LogP contribution in [-0.4, -0.2) is 49.6 Å². The zero-order chi connectivity index (χ0) is 20.3. The number of aryl methyl sites for hydroxylation is 1. The van der Waals surface area contributed by atoms with Crippen LogP contribution >= 0.6 is 0 Å².